The minimum Gasteiger partial charge on any atom is -0.452 e. The summed E-state index contributed by atoms with van der Waals surface area (Å²) in [6, 6.07) is 24.9. The van der Waals surface area contributed by atoms with Crippen LogP contribution in [0.3, 0.4) is 0 Å². The van der Waals surface area contributed by atoms with Gasteiger partial charge in [0.1, 0.15) is 6.42 Å². The Labute approximate surface area is 179 Å². The van der Waals surface area contributed by atoms with Crippen molar-refractivity contribution in [2.45, 2.75) is 6.42 Å². The Bertz CT molecular complexity index is 1100. The van der Waals surface area contributed by atoms with Crippen LogP contribution in [-0.2, 0) is 14.3 Å². The van der Waals surface area contributed by atoms with Gasteiger partial charge in [-0.3, -0.25) is 9.59 Å². The van der Waals surface area contributed by atoms with Crippen LogP contribution >= 0.6 is 0 Å². The summed E-state index contributed by atoms with van der Waals surface area (Å²) < 4.78 is 5.03. The van der Waals surface area contributed by atoms with Gasteiger partial charge < -0.3 is 15.4 Å². The second kappa shape index (κ2) is 10.4. The van der Waals surface area contributed by atoms with Crippen LogP contribution < -0.4 is 10.6 Å². The SMILES string of the molecule is N#CCC(=O)Nc1ccc(C(=O)OCC(=O)Nc2ccc(-c3ccccc3)cc2)cc1. The third-order valence-corrected chi connectivity index (χ3v) is 4.25. The molecule has 0 unspecified atom stereocenters. The van der Waals surface area contributed by atoms with E-state index in [9.17, 15) is 14.4 Å². The van der Waals surface area contributed by atoms with Crippen molar-refractivity contribution in [1.82, 2.24) is 0 Å². The van der Waals surface area contributed by atoms with E-state index in [1.165, 1.54) is 24.3 Å². The molecule has 0 atom stereocenters. The van der Waals surface area contributed by atoms with E-state index in [1.807, 2.05) is 42.5 Å². The van der Waals surface area contributed by atoms with Crippen molar-refractivity contribution in [2.24, 2.45) is 0 Å². The fraction of sp³-hybridized carbons (Fsp3) is 0.0833. The van der Waals surface area contributed by atoms with Crippen LogP contribution in [0.5, 0.6) is 0 Å². The number of carbonyl (C=O) groups excluding carboxylic acids is 3. The van der Waals surface area contributed by atoms with E-state index in [0.29, 0.717) is 11.4 Å². The highest BCUT2D eigenvalue weighted by Gasteiger charge is 2.11. The Kier molecular flexibility index (Phi) is 7.12. The lowest BCUT2D eigenvalue weighted by Gasteiger charge is -2.08. The van der Waals surface area contributed by atoms with Crippen LogP contribution in [0.2, 0.25) is 0 Å². The summed E-state index contributed by atoms with van der Waals surface area (Å²) in [6.45, 7) is -0.431. The molecular formula is C24H19N3O4. The lowest BCUT2D eigenvalue weighted by molar-refractivity contribution is -0.119. The molecule has 0 saturated heterocycles. The summed E-state index contributed by atoms with van der Waals surface area (Å²) in [4.78, 5) is 35.6. The molecule has 2 amide bonds. The highest BCUT2D eigenvalue weighted by Crippen LogP contribution is 2.21. The van der Waals surface area contributed by atoms with Crippen molar-refractivity contribution in [3.8, 4) is 17.2 Å². The van der Waals surface area contributed by atoms with E-state index in [0.717, 1.165) is 11.1 Å². The van der Waals surface area contributed by atoms with E-state index >= 15 is 0 Å². The van der Waals surface area contributed by atoms with Gasteiger partial charge in [0, 0.05) is 11.4 Å². The quantitative estimate of drug-likeness (QED) is 0.569. The average Bonchev–Trinajstić information content (AvgIpc) is 2.79. The van der Waals surface area contributed by atoms with Gasteiger partial charge in [0.15, 0.2) is 6.61 Å². The summed E-state index contributed by atoms with van der Waals surface area (Å²) in [6.07, 6.45) is -0.256. The van der Waals surface area contributed by atoms with Crippen molar-refractivity contribution < 1.29 is 19.1 Å². The van der Waals surface area contributed by atoms with E-state index < -0.39 is 24.4 Å². The maximum atomic E-state index is 12.1. The van der Waals surface area contributed by atoms with Gasteiger partial charge in [0.05, 0.1) is 11.6 Å². The Morgan fingerprint density at radius 1 is 0.742 bits per heavy atom. The third-order valence-electron chi connectivity index (χ3n) is 4.25. The molecule has 0 saturated carbocycles. The molecule has 154 valence electrons. The number of ether oxygens (including phenoxy) is 1. The first-order chi connectivity index (χ1) is 15.0. The number of nitriles is 1. The van der Waals surface area contributed by atoms with Gasteiger partial charge in [-0.05, 0) is 47.5 Å². The van der Waals surface area contributed by atoms with Gasteiger partial charge in [-0.2, -0.15) is 5.26 Å². The standard InChI is InChI=1S/C24H19N3O4/c25-15-14-22(28)26-20-12-8-19(9-13-20)24(30)31-16-23(29)27-21-10-6-18(7-11-21)17-4-2-1-3-5-17/h1-13H,14,16H2,(H,26,28)(H,27,29). The number of hydrogen-bond donors (Lipinski definition) is 2. The summed E-state index contributed by atoms with van der Waals surface area (Å²) in [5.41, 5.74) is 3.38. The minimum atomic E-state index is -0.663. The van der Waals surface area contributed by atoms with Crippen molar-refractivity contribution in [3.63, 3.8) is 0 Å². The van der Waals surface area contributed by atoms with Crippen LogP contribution in [0, 0.1) is 11.3 Å². The summed E-state index contributed by atoms with van der Waals surface area (Å²) in [5.74, 6) is -1.56. The van der Waals surface area contributed by atoms with Crippen molar-refractivity contribution in [1.29, 1.82) is 5.26 Å². The number of anilines is 2. The van der Waals surface area contributed by atoms with Gasteiger partial charge >= 0.3 is 5.97 Å². The number of esters is 1. The molecule has 3 aromatic carbocycles. The van der Waals surface area contributed by atoms with Crippen molar-refractivity contribution in [3.05, 3.63) is 84.4 Å². The molecule has 0 spiro atoms. The summed E-state index contributed by atoms with van der Waals surface area (Å²) in [5, 5.41) is 13.7. The zero-order valence-electron chi connectivity index (χ0n) is 16.5. The summed E-state index contributed by atoms with van der Waals surface area (Å²) >= 11 is 0. The molecule has 0 radical (unpaired) electrons. The normalized spacial score (nSPS) is 9.90. The second-order valence-electron chi connectivity index (χ2n) is 6.53. The molecule has 0 aromatic heterocycles. The smallest absolute Gasteiger partial charge is 0.338 e. The number of hydrogen-bond acceptors (Lipinski definition) is 5. The van der Waals surface area contributed by atoms with Crippen LogP contribution in [0.15, 0.2) is 78.9 Å². The molecule has 31 heavy (non-hydrogen) atoms. The lowest BCUT2D eigenvalue weighted by Crippen LogP contribution is -2.20. The fourth-order valence-corrected chi connectivity index (χ4v) is 2.75. The first kappa shape index (κ1) is 21.3. The number of amides is 2. The van der Waals surface area contributed by atoms with E-state index in [4.69, 9.17) is 10.00 Å². The van der Waals surface area contributed by atoms with Gasteiger partial charge in [-0.15, -0.1) is 0 Å². The highest BCUT2D eigenvalue weighted by atomic mass is 16.5. The maximum Gasteiger partial charge on any atom is 0.338 e. The molecular weight excluding hydrogens is 394 g/mol. The minimum absolute atomic E-state index is 0.235. The Balaban J connectivity index is 1.48. The molecule has 3 rings (SSSR count). The monoisotopic (exact) mass is 413 g/mol. The molecule has 7 nitrogen and oxygen atoms in total. The molecule has 0 aliphatic heterocycles. The molecule has 0 fully saturated rings. The number of nitrogens with one attached hydrogen (secondary N) is 2. The van der Waals surface area contributed by atoms with Crippen LogP contribution in [-0.4, -0.2) is 24.4 Å². The molecule has 0 bridgehead atoms. The number of benzene rings is 3. The summed E-state index contributed by atoms with van der Waals surface area (Å²) in [7, 11) is 0. The molecule has 0 heterocycles. The molecule has 7 heteroatoms. The van der Waals surface area contributed by atoms with Crippen LogP contribution in [0.4, 0.5) is 11.4 Å². The Morgan fingerprint density at radius 3 is 1.90 bits per heavy atom. The highest BCUT2D eigenvalue weighted by molar-refractivity contribution is 5.96. The van der Waals surface area contributed by atoms with Gasteiger partial charge in [0.2, 0.25) is 5.91 Å². The van der Waals surface area contributed by atoms with E-state index in [2.05, 4.69) is 10.6 Å². The first-order valence-electron chi connectivity index (χ1n) is 9.44. The first-order valence-corrected chi connectivity index (χ1v) is 9.44. The third kappa shape index (κ3) is 6.27. The molecule has 0 aliphatic rings. The predicted molar refractivity (Wildman–Crippen MR) is 116 cm³/mol. The Morgan fingerprint density at radius 2 is 1.29 bits per heavy atom. The van der Waals surface area contributed by atoms with Crippen molar-refractivity contribution >= 4 is 29.2 Å². The average molecular weight is 413 g/mol. The van der Waals surface area contributed by atoms with E-state index in [1.54, 1.807) is 18.2 Å². The number of carbonyl (C=O) groups is 3. The van der Waals surface area contributed by atoms with Gasteiger partial charge in [-0.25, -0.2) is 4.79 Å². The van der Waals surface area contributed by atoms with Crippen LogP contribution in [0.25, 0.3) is 11.1 Å². The fourth-order valence-electron chi connectivity index (χ4n) is 2.75. The molecule has 2 N–H and O–H groups in total. The topological polar surface area (TPSA) is 108 Å². The van der Waals surface area contributed by atoms with Crippen molar-refractivity contribution in [2.75, 3.05) is 17.2 Å². The predicted octanol–water partition coefficient (Wildman–Crippen LogP) is 4.00. The lowest BCUT2D eigenvalue weighted by atomic mass is 10.1. The van der Waals surface area contributed by atoms with E-state index in [-0.39, 0.29) is 12.0 Å². The zero-order valence-corrected chi connectivity index (χ0v) is 16.5. The molecule has 0 aliphatic carbocycles. The second-order valence-corrected chi connectivity index (χ2v) is 6.53. The van der Waals surface area contributed by atoms with Gasteiger partial charge in [-0.1, -0.05) is 42.5 Å². The Hall–Kier alpha value is -4.44. The van der Waals surface area contributed by atoms with Crippen LogP contribution in [0.1, 0.15) is 16.8 Å². The maximum absolute atomic E-state index is 12.1. The number of nitrogens with zero attached hydrogens (tertiary/aromatic N) is 1. The largest absolute Gasteiger partial charge is 0.452 e. The van der Waals surface area contributed by atoms with Gasteiger partial charge in [0.25, 0.3) is 5.91 Å². The number of rotatable bonds is 7. The zero-order chi connectivity index (χ0) is 22.1. The molecule has 3 aromatic rings.